The van der Waals surface area contributed by atoms with Crippen molar-refractivity contribution in [3.8, 4) is 12.3 Å². The monoisotopic (exact) mass is 164 g/mol. The minimum absolute atomic E-state index is 0.340. The van der Waals surface area contributed by atoms with Gasteiger partial charge in [0, 0.05) is 24.7 Å². The molecule has 0 fully saturated rings. The summed E-state index contributed by atoms with van der Waals surface area (Å²) in [7, 11) is 1.83. The van der Waals surface area contributed by atoms with Gasteiger partial charge in [0.2, 0.25) is 0 Å². The topological polar surface area (TPSA) is 38.1 Å². The molecule has 0 saturated carbocycles. The van der Waals surface area contributed by atoms with Crippen LogP contribution in [0.15, 0.2) is 6.20 Å². The molecule has 1 N–H and O–H groups in total. The molecule has 0 aliphatic rings. The average molecular weight is 164 g/mol. The van der Waals surface area contributed by atoms with Gasteiger partial charge in [0.1, 0.15) is 0 Å². The Labute approximate surface area is 72.0 Å². The lowest BCUT2D eigenvalue weighted by molar-refractivity contribution is 0.183. The molecule has 64 valence electrons. The molecule has 0 radical (unpaired) electrons. The standard InChI is InChI=1S/C9H12N2O/c1-4-5-9(12)8-6-10-11(3)7(8)2/h1,6,9,12H,5H2,2-3H3. The van der Waals surface area contributed by atoms with Crippen LogP contribution < -0.4 is 0 Å². The Bertz CT molecular complexity index is 309. The summed E-state index contributed by atoms with van der Waals surface area (Å²) in [5, 5.41) is 13.5. The molecule has 0 aliphatic carbocycles. The van der Waals surface area contributed by atoms with Crippen LogP contribution in [0.2, 0.25) is 0 Å². The van der Waals surface area contributed by atoms with Gasteiger partial charge in [-0.05, 0) is 6.92 Å². The van der Waals surface area contributed by atoms with E-state index >= 15 is 0 Å². The van der Waals surface area contributed by atoms with E-state index in [4.69, 9.17) is 6.42 Å². The van der Waals surface area contributed by atoms with Gasteiger partial charge >= 0.3 is 0 Å². The van der Waals surface area contributed by atoms with Crippen molar-refractivity contribution in [2.24, 2.45) is 7.05 Å². The number of aliphatic hydroxyl groups is 1. The maximum atomic E-state index is 9.52. The fraction of sp³-hybridized carbons (Fsp3) is 0.444. The van der Waals surface area contributed by atoms with Crippen molar-refractivity contribution in [2.75, 3.05) is 0 Å². The fourth-order valence-corrected chi connectivity index (χ4v) is 1.06. The highest BCUT2D eigenvalue weighted by Crippen LogP contribution is 2.18. The number of aromatic nitrogens is 2. The first-order chi connectivity index (χ1) is 5.66. The van der Waals surface area contributed by atoms with E-state index in [2.05, 4.69) is 11.0 Å². The summed E-state index contributed by atoms with van der Waals surface area (Å²) in [4.78, 5) is 0. The van der Waals surface area contributed by atoms with Crippen LogP contribution in [-0.4, -0.2) is 14.9 Å². The molecule has 3 heteroatoms. The normalized spacial score (nSPS) is 12.5. The number of nitrogens with zero attached hydrogens (tertiary/aromatic N) is 2. The molecule has 0 spiro atoms. The second kappa shape index (κ2) is 3.42. The molecule has 0 saturated heterocycles. The molecule has 0 bridgehead atoms. The second-order valence-electron chi connectivity index (χ2n) is 2.73. The van der Waals surface area contributed by atoms with Gasteiger partial charge in [0.15, 0.2) is 0 Å². The lowest BCUT2D eigenvalue weighted by Crippen LogP contribution is -1.99. The Balaban J connectivity index is 2.89. The number of aliphatic hydroxyl groups excluding tert-OH is 1. The fourth-order valence-electron chi connectivity index (χ4n) is 1.06. The molecule has 1 rings (SSSR count). The Morgan fingerprint density at radius 1 is 1.83 bits per heavy atom. The number of hydrogen-bond donors (Lipinski definition) is 1. The van der Waals surface area contributed by atoms with E-state index in [1.807, 2.05) is 14.0 Å². The molecule has 12 heavy (non-hydrogen) atoms. The highest BCUT2D eigenvalue weighted by atomic mass is 16.3. The highest BCUT2D eigenvalue weighted by Gasteiger charge is 2.11. The van der Waals surface area contributed by atoms with Crippen LogP contribution in [0.25, 0.3) is 0 Å². The molecule has 1 aromatic rings. The van der Waals surface area contributed by atoms with Gasteiger partial charge in [-0.2, -0.15) is 5.10 Å². The Kier molecular flexibility index (Phi) is 2.51. The largest absolute Gasteiger partial charge is 0.387 e. The number of hydrogen-bond acceptors (Lipinski definition) is 2. The van der Waals surface area contributed by atoms with Gasteiger partial charge in [-0.3, -0.25) is 4.68 Å². The summed E-state index contributed by atoms with van der Waals surface area (Å²) < 4.78 is 1.72. The van der Waals surface area contributed by atoms with Gasteiger partial charge in [-0.15, -0.1) is 12.3 Å². The van der Waals surface area contributed by atoms with Gasteiger partial charge in [-0.25, -0.2) is 0 Å². The van der Waals surface area contributed by atoms with Gasteiger partial charge < -0.3 is 5.11 Å². The van der Waals surface area contributed by atoms with E-state index < -0.39 is 6.10 Å². The number of terminal acetylenes is 1. The maximum absolute atomic E-state index is 9.52. The third-order valence-electron chi connectivity index (χ3n) is 1.94. The van der Waals surface area contributed by atoms with Crippen LogP contribution in [0.5, 0.6) is 0 Å². The maximum Gasteiger partial charge on any atom is 0.0932 e. The first kappa shape index (κ1) is 8.82. The molecule has 3 nitrogen and oxygen atoms in total. The van der Waals surface area contributed by atoms with Crippen LogP contribution in [0.3, 0.4) is 0 Å². The van der Waals surface area contributed by atoms with E-state index in [-0.39, 0.29) is 0 Å². The summed E-state index contributed by atoms with van der Waals surface area (Å²) in [6.07, 6.45) is 6.50. The Hall–Kier alpha value is -1.27. The number of rotatable bonds is 2. The lowest BCUT2D eigenvalue weighted by Gasteiger charge is -2.05. The Morgan fingerprint density at radius 3 is 2.92 bits per heavy atom. The zero-order valence-corrected chi connectivity index (χ0v) is 7.28. The van der Waals surface area contributed by atoms with Crippen molar-refractivity contribution in [1.82, 2.24) is 9.78 Å². The van der Waals surface area contributed by atoms with Crippen molar-refractivity contribution in [1.29, 1.82) is 0 Å². The zero-order chi connectivity index (χ0) is 9.14. The summed E-state index contributed by atoms with van der Waals surface area (Å²) in [6, 6.07) is 0. The van der Waals surface area contributed by atoms with E-state index in [0.717, 1.165) is 11.3 Å². The van der Waals surface area contributed by atoms with Crippen LogP contribution in [-0.2, 0) is 7.05 Å². The second-order valence-corrected chi connectivity index (χ2v) is 2.73. The molecular formula is C9H12N2O. The van der Waals surface area contributed by atoms with E-state index in [1.165, 1.54) is 0 Å². The smallest absolute Gasteiger partial charge is 0.0932 e. The van der Waals surface area contributed by atoms with Gasteiger partial charge in [0.25, 0.3) is 0 Å². The molecular weight excluding hydrogens is 152 g/mol. The zero-order valence-electron chi connectivity index (χ0n) is 7.28. The van der Waals surface area contributed by atoms with Crippen molar-refractivity contribution < 1.29 is 5.11 Å². The van der Waals surface area contributed by atoms with Crippen molar-refractivity contribution >= 4 is 0 Å². The van der Waals surface area contributed by atoms with Crippen molar-refractivity contribution in [3.63, 3.8) is 0 Å². The van der Waals surface area contributed by atoms with Crippen LogP contribution in [0, 0.1) is 19.3 Å². The van der Waals surface area contributed by atoms with Crippen molar-refractivity contribution in [2.45, 2.75) is 19.4 Å². The minimum Gasteiger partial charge on any atom is -0.387 e. The lowest BCUT2D eigenvalue weighted by atomic mass is 10.1. The summed E-state index contributed by atoms with van der Waals surface area (Å²) >= 11 is 0. The summed E-state index contributed by atoms with van der Waals surface area (Å²) in [5.74, 6) is 2.42. The number of aryl methyl sites for hydroxylation is 1. The Morgan fingerprint density at radius 2 is 2.50 bits per heavy atom. The average Bonchev–Trinajstić information content (AvgIpc) is 2.34. The molecule has 1 heterocycles. The molecule has 0 aromatic carbocycles. The molecule has 1 unspecified atom stereocenters. The minimum atomic E-state index is -0.580. The first-order valence-electron chi connectivity index (χ1n) is 3.77. The van der Waals surface area contributed by atoms with Crippen LogP contribution in [0.1, 0.15) is 23.8 Å². The van der Waals surface area contributed by atoms with Crippen molar-refractivity contribution in [3.05, 3.63) is 17.5 Å². The summed E-state index contributed by atoms with van der Waals surface area (Å²) in [6.45, 7) is 1.90. The predicted molar refractivity (Wildman–Crippen MR) is 46.4 cm³/mol. The quantitative estimate of drug-likeness (QED) is 0.656. The third-order valence-corrected chi connectivity index (χ3v) is 1.94. The highest BCUT2D eigenvalue weighted by molar-refractivity contribution is 5.19. The first-order valence-corrected chi connectivity index (χ1v) is 3.77. The van der Waals surface area contributed by atoms with E-state index in [0.29, 0.717) is 6.42 Å². The van der Waals surface area contributed by atoms with Gasteiger partial charge in [0.05, 0.1) is 12.3 Å². The molecule has 1 aromatic heterocycles. The molecule has 0 aliphatic heterocycles. The third kappa shape index (κ3) is 1.49. The van der Waals surface area contributed by atoms with E-state index in [1.54, 1.807) is 10.9 Å². The molecule has 0 amide bonds. The van der Waals surface area contributed by atoms with Crippen LogP contribution >= 0.6 is 0 Å². The van der Waals surface area contributed by atoms with E-state index in [9.17, 15) is 5.11 Å². The van der Waals surface area contributed by atoms with Crippen LogP contribution in [0.4, 0.5) is 0 Å². The molecule has 1 atom stereocenters. The SMILES string of the molecule is C#CCC(O)c1cnn(C)c1C. The predicted octanol–water partition coefficient (Wildman–Crippen LogP) is 0.785. The summed E-state index contributed by atoms with van der Waals surface area (Å²) in [5.41, 5.74) is 1.77. The van der Waals surface area contributed by atoms with Gasteiger partial charge in [-0.1, -0.05) is 0 Å².